The van der Waals surface area contributed by atoms with Gasteiger partial charge < -0.3 is 4.90 Å². The summed E-state index contributed by atoms with van der Waals surface area (Å²) in [5, 5.41) is 10.8. The summed E-state index contributed by atoms with van der Waals surface area (Å²) in [5.74, 6) is -0.219. The van der Waals surface area contributed by atoms with Crippen molar-refractivity contribution in [3.05, 3.63) is 50.1 Å². The Kier molecular flexibility index (Phi) is 5.46. The highest BCUT2D eigenvalue weighted by atomic mass is 127. The number of nitro benzene ring substituents is 1. The molecule has 0 spiro atoms. The van der Waals surface area contributed by atoms with Crippen LogP contribution < -0.4 is 0 Å². The van der Waals surface area contributed by atoms with E-state index in [0.717, 1.165) is 0 Å². The minimum atomic E-state index is -0.500. The molecule has 0 unspecified atom stereocenters. The number of non-ortho nitro benzene ring substituents is 1. The fourth-order valence-corrected chi connectivity index (χ4v) is 2.18. The van der Waals surface area contributed by atoms with Crippen LogP contribution in [0.25, 0.3) is 0 Å². The van der Waals surface area contributed by atoms with E-state index in [-0.39, 0.29) is 17.6 Å². The fourth-order valence-electron chi connectivity index (χ4n) is 1.61. The van der Waals surface area contributed by atoms with Crippen LogP contribution >= 0.6 is 22.6 Å². The number of rotatable bonds is 5. The van der Waals surface area contributed by atoms with E-state index >= 15 is 0 Å². The van der Waals surface area contributed by atoms with E-state index < -0.39 is 4.92 Å². The Balaban J connectivity index is 3.19. The molecule has 19 heavy (non-hydrogen) atoms. The molecule has 0 aliphatic rings. The minimum absolute atomic E-state index is 0.000521. The zero-order chi connectivity index (χ0) is 14.6. The van der Waals surface area contributed by atoms with Gasteiger partial charge in [0.2, 0.25) is 0 Å². The maximum absolute atomic E-state index is 12.4. The highest BCUT2D eigenvalue weighted by Crippen LogP contribution is 2.21. The third-order valence-corrected chi connectivity index (χ3v) is 3.54. The summed E-state index contributed by atoms with van der Waals surface area (Å²) in [7, 11) is 0. The van der Waals surface area contributed by atoms with Gasteiger partial charge in [-0.3, -0.25) is 14.9 Å². The van der Waals surface area contributed by atoms with E-state index in [1.165, 1.54) is 12.1 Å². The van der Waals surface area contributed by atoms with Gasteiger partial charge in [-0.1, -0.05) is 6.08 Å². The standard InChI is InChI=1S/C13H15IN2O3/c1-4-7-15(9(2)3)13(17)11-8-10(16(18)19)5-6-12(11)14/h4-6,8-9H,1,7H2,2-3H3. The molecule has 0 aliphatic heterocycles. The molecule has 5 nitrogen and oxygen atoms in total. The van der Waals surface area contributed by atoms with Crippen molar-refractivity contribution in [2.24, 2.45) is 0 Å². The van der Waals surface area contributed by atoms with Gasteiger partial charge >= 0.3 is 0 Å². The van der Waals surface area contributed by atoms with Crippen LogP contribution in [-0.4, -0.2) is 28.3 Å². The van der Waals surface area contributed by atoms with Crippen molar-refractivity contribution in [2.45, 2.75) is 19.9 Å². The molecular weight excluding hydrogens is 359 g/mol. The van der Waals surface area contributed by atoms with Crippen LogP contribution in [0.15, 0.2) is 30.9 Å². The van der Waals surface area contributed by atoms with Crippen molar-refractivity contribution in [1.29, 1.82) is 0 Å². The first-order chi connectivity index (χ1) is 8.88. The van der Waals surface area contributed by atoms with Crippen LogP contribution in [0.5, 0.6) is 0 Å². The van der Waals surface area contributed by atoms with Crippen molar-refractivity contribution >= 4 is 34.2 Å². The summed E-state index contributed by atoms with van der Waals surface area (Å²) >= 11 is 2.00. The molecule has 0 aromatic heterocycles. The molecule has 6 heteroatoms. The number of carbonyl (C=O) groups is 1. The van der Waals surface area contributed by atoms with Crippen LogP contribution in [0.2, 0.25) is 0 Å². The van der Waals surface area contributed by atoms with Crippen LogP contribution in [0, 0.1) is 13.7 Å². The van der Waals surface area contributed by atoms with Gasteiger partial charge in [0, 0.05) is 28.3 Å². The van der Waals surface area contributed by atoms with Crippen molar-refractivity contribution in [3.8, 4) is 0 Å². The van der Waals surface area contributed by atoms with E-state index in [4.69, 9.17) is 0 Å². The Labute approximate surface area is 125 Å². The molecule has 0 saturated carbocycles. The topological polar surface area (TPSA) is 63.5 Å². The number of hydrogen-bond acceptors (Lipinski definition) is 3. The number of benzene rings is 1. The summed E-state index contributed by atoms with van der Waals surface area (Å²) in [4.78, 5) is 24.3. The first kappa shape index (κ1) is 15.6. The van der Waals surface area contributed by atoms with E-state index in [1.54, 1.807) is 17.0 Å². The first-order valence-corrected chi connectivity index (χ1v) is 6.82. The molecule has 0 radical (unpaired) electrons. The number of hydrogen-bond donors (Lipinski definition) is 0. The lowest BCUT2D eigenvalue weighted by atomic mass is 10.1. The van der Waals surface area contributed by atoms with Gasteiger partial charge in [0.15, 0.2) is 0 Å². The number of nitro groups is 1. The molecule has 0 atom stereocenters. The lowest BCUT2D eigenvalue weighted by Crippen LogP contribution is -2.37. The summed E-state index contributed by atoms with van der Waals surface area (Å²) in [5.41, 5.74) is 0.274. The third-order valence-electron chi connectivity index (χ3n) is 2.60. The summed E-state index contributed by atoms with van der Waals surface area (Å²) in [6.07, 6.45) is 1.64. The summed E-state index contributed by atoms with van der Waals surface area (Å²) in [6, 6.07) is 4.30. The summed E-state index contributed by atoms with van der Waals surface area (Å²) < 4.78 is 0.697. The van der Waals surface area contributed by atoms with Crippen LogP contribution in [0.3, 0.4) is 0 Å². The smallest absolute Gasteiger partial charge is 0.270 e. The highest BCUT2D eigenvalue weighted by Gasteiger charge is 2.22. The van der Waals surface area contributed by atoms with Crippen LogP contribution in [-0.2, 0) is 0 Å². The van der Waals surface area contributed by atoms with Crippen molar-refractivity contribution in [1.82, 2.24) is 4.90 Å². The van der Waals surface area contributed by atoms with Crippen LogP contribution in [0.1, 0.15) is 24.2 Å². The molecule has 0 saturated heterocycles. The second-order valence-electron chi connectivity index (χ2n) is 4.26. The van der Waals surface area contributed by atoms with Gasteiger partial charge in [0.25, 0.3) is 11.6 Å². The summed E-state index contributed by atoms with van der Waals surface area (Å²) in [6.45, 7) is 7.82. The quantitative estimate of drug-likeness (QED) is 0.344. The average molecular weight is 374 g/mol. The number of amides is 1. The fraction of sp³-hybridized carbons (Fsp3) is 0.308. The molecule has 102 valence electrons. The number of carbonyl (C=O) groups excluding carboxylic acids is 1. The largest absolute Gasteiger partial charge is 0.332 e. The lowest BCUT2D eigenvalue weighted by molar-refractivity contribution is -0.384. The molecule has 1 aromatic carbocycles. The Hall–Kier alpha value is -1.44. The maximum atomic E-state index is 12.4. The second kappa shape index (κ2) is 6.65. The Morgan fingerprint density at radius 1 is 1.58 bits per heavy atom. The molecule has 0 fully saturated rings. The Morgan fingerprint density at radius 3 is 2.68 bits per heavy atom. The van der Waals surface area contributed by atoms with Gasteiger partial charge in [0.1, 0.15) is 0 Å². The average Bonchev–Trinajstić information content (AvgIpc) is 2.35. The first-order valence-electron chi connectivity index (χ1n) is 5.74. The van der Waals surface area contributed by atoms with Crippen molar-refractivity contribution in [2.75, 3.05) is 6.54 Å². The van der Waals surface area contributed by atoms with E-state index in [0.29, 0.717) is 15.7 Å². The third kappa shape index (κ3) is 3.76. The zero-order valence-corrected chi connectivity index (χ0v) is 13.0. The molecule has 1 rings (SSSR count). The van der Waals surface area contributed by atoms with Gasteiger partial charge in [-0.15, -0.1) is 6.58 Å². The van der Waals surface area contributed by atoms with Crippen molar-refractivity contribution in [3.63, 3.8) is 0 Å². The normalized spacial score (nSPS) is 10.3. The Morgan fingerprint density at radius 2 is 2.21 bits per heavy atom. The highest BCUT2D eigenvalue weighted by molar-refractivity contribution is 14.1. The maximum Gasteiger partial charge on any atom is 0.270 e. The predicted molar refractivity (Wildman–Crippen MR) is 82.2 cm³/mol. The van der Waals surface area contributed by atoms with Gasteiger partial charge in [-0.2, -0.15) is 0 Å². The molecule has 0 heterocycles. The lowest BCUT2D eigenvalue weighted by Gasteiger charge is -2.25. The van der Waals surface area contributed by atoms with E-state index in [2.05, 4.69) is 6.58 Å². The van der Waals surface area contributed by atoms with Crippen molar-refractivity contribution < 1.29 is 9.72 Å². The monoisotopic (exact) mass is 374 g/mol. The molecular formula is C13H15IN2O3. The van der Waals surface area contributed by atoms with Gasteiger partial charge in [-0.05, 0) is 42.5 Å². The number of halogens is 1. The molecule has 0 bridgehead atoms. The second-order valence-corrected chi connectivity index (χ2v) is 5.42. The van der Waals surface area contributed by atoms with E-state index in [1.807, 2.05) is 36.4 Å². The molecule has 1 amide bonds. The molecule has 0 N–H and O–H groups in total. The minimum Gasteiger partial charge on any atom is -0.332 e. The number of nitrogens with zero attached hydrogens (tertiary/aromatic N) is 2. The van der Waals surface area contributed by atoms with E-state index in [9.17, 15) is 14.9 Å². The Bertz CT molecular complexity index is 515. The SMILES string of the molecule is C=CCN(C(=O)c1cc([N+](=O)[O-])ccc1I)C(C)C. The van der Waals surface area contributed by atoms with Gasteiger partial charge in [0.05, 0.1) is 10.5 Å². The zero-order valence-electron chi connectivity index (χ0n) is 10.8. The molecule has 1 aromatic rings. The van der Waals surface area contributed by atoms with Crippen LogP contribution in [0.4, 0.5) is 5.69 Å². The van der Waals surface area contributed by atoms with Gasteiger partial charge in [-0.25, -0.2) is 0 Å². The predicted octanol–water partition coefficient (Wildman–Crippen LogP) is 3.24. The molecule has 0 aliphatic carbocycles.